The van der Waals surface area contributed by atoms with Crippen molar-refractivity contribution in [2.24, 2.45) is 7.05 Å². The van der Waals surface area contributed by atoms with Gasteiger partial charge < -0.3 is 24.4 Å². The summed E-state index contributed by atoms with van der Waals surface area (Å²) in [5.74, 6) is 3.34. The maximum Gasteiger partial charge on any atom is 0.239 e. The number of piperidine rings is 1. The number of likely N-dealkylation sites (tertiary alicyclic amines) is 1. The fourth-order valence-corrected chi connectivity index (χ4v) is 5.37. The average Bonchev–Trinajstić information content (AvgIpc) is 3.43. The van der Waals surface area contributed by atoms with Gasteiger partial charge in [0.1, 0.15) is 11.6 Å². The molecular weight excluding hydrogens is 470 g/mol. The van der Waals surface area contributed by atoms with Gasteiger partial charge in [0.05, 0.1) is 30.8 Å². The van der Waals surface area contributed by atoms with Crippen LogP contribution >= 0.6 is 0 Å². The topological polar surface area (TPSA) is 106 Å². The number of ether oxygens (including phenoxy) is 1. The van der Waals surface area contributed by atoms with E-state index >= 15 is 0 Å². The summed E-state index contributed by atoms with van der Waals surface area (Å²) in [5, 5.41) is 3.66. The monoisotopic (exact) mass is 503 g/mol. The van der Waals surface area contributed by atoms with Gasteiger partial charge >= 0.3 is 0 Å². The molecule has 0 bridgehead atoms. The SMILES string of the molecule is CC(=O)N1CCC(NCc2nc3c(N4CCOCC4)nc(-n4c(C)nc5ccccc54)nc3n2C)CC1. The summed E-state index contributed by atoms with van der Waals surface area (Å²) >= 11 is 0. The van der Waals surface area contributed by atoms with Crippen molar-refractivity contribution in [2.45, 2.75) is 39.3 Å². The van der Waals surface area contributed by atoms with E-state index in [1.54, 1.807) is 6.92 Å². The van der Waals surface area contributed by atoms with Gasteiger partial charge in [-0.3, -0.25) is 9.36 Å². The molecule has 0 aliphatic carbocycles. The highest BCUT2D eigenvalue weighted by Crippen LogP contribution is 2.28. The molecule has 11 nitrogen and oxygen atoms in total. The molecule has 194 valence electrons. The van der Waals surface area contributed by atoms with E-state index in [9.17, 15) is 4.79 Å². The number of morpholine rings is 1. The Hall–Kier alpha value is -3.57. The van der Waals surface area contributed by atoms with Crippen molar-refractivity contribution in [3.05, 3.63) is 35.9 Å². The number of carbonyl (C=O) groups excluding carboxylic acids is 1. The summed E-state index contributed by atoms with van der Waals surface area (Å²) < 4.78 is 9.70. The first-order valence-electron chi connectivity index (χ1n) is 13.0. The fourth-order valence-electron chi connectivity index (χ4n) is 5.37. The molecule has 2 saturated heterocycles. The van der Waals surface area contributed by atoms with Gasteiger partial charge in [0.2, 0.25) is 11.9 Å². The Balaban J connectivity index is 1.37. The van der Waals surface area contributed by atoms with Crippen molar-refractivity contribution in [3.63, 3.8) is 0 Å². The van der Waals surface area contributed by atoms with Crippen LogP contribution in [-0.2, 0) is 23.1 Å². The number of imidazole rings is 2. The van der Waals surface area contributed by atoms with Gasteiger partial charge in [0.25, 0.3) is 0 Å². The molecule has 1 amide bonds. The Bertz CT molecular complexity index is 1450. The van der Waals surface area contributed by atoms with Crippen LogP contribution < -0.4 is 10.2 Å². The van der Waals surface area contributed by atoms with Gasteiger partial charge in [0.15, 0.2) is 17.0 Å². The van der Waals surface area contributed by atoms with Gasteiger partial charge in [-0.05, 0) is 31.9 Å². The Kier molecular flexibility index (Phi) is 6.25. The molecule has 0 saturated carbocycles. The van der Waals surface area contributed by atoms with E-state index < -0.39 is 0 Å². The maximum atomic E-state index is 11.7. The molecule has 0 spiro atoms. The molecule has 0 unspecified atom stereocenters. The zero-order valence-electron chi connectivity index (χ0n) is 21.6. The molecule has 1 N–H and O–H groups in total. The van der Waals surface area contributed by atoms with Gasteiger partial charge in [-0.25, -0.2) is 9.97 Å². The van der Waals surface area contributed by atoms with Crippen LogP contribution in [0.3, 0.4) is 0 Å². The molecule has 2 aliphatic heterocycles. The number of anilines is 1. The quantitative estimate of drug-likeness (QED) is 0.441. The van der Waals surface area contributed by atoms with Crippen LogP contribution in [0.4, 0.5) is 5.82 Å². The lowest BCUT2D eigenvalue weighted by molar-refractivity contribution is -0.129. The smallest absolute Gasteiger partial charge is 0.239 e. The van der Waals surface area contributed by atoms with Crippen LogP contribution in [0.15, 0.2) is 24.3 Å². The lowest BCUT2D eigenvalue weighted by Gasteiger charge is -2.31. The van der Waals surface area contributed by atoms with Crippen LogP contribution in [0.25, 0.3) is 28.1 Å². The van der Waals surface area contributed by atoms with Gasteiger partial charge in [-0.1, -0.05) is 12.1 Å². The zero-order chi connectivity index (χ0) is 25.5. The lowest BCUT2D eigenvalue weighted by atomic mass is 10.1. The van der Waals surface area contributed by atoms with Gasteiger partial charge in [0, 0.05) is 46.2 Å². The minimum Gasteiger partial charge on any atom is -0.378 e. The summed E-state index contributed by atoms with van der Waals surface area (Å²) in [5.41, 5.74) is 3.50. The third-order valence-electron chi connectivity index (χ3n) is 7.51. The van der Waals surface area contributed by atoms with E-state index in [1.165, 1.54) is 0 Å². The molecule has 5 heterocycles. The second kappa shape index (κ2) is 9.71. The molecule has 37 heavy (non-hydrogen) atoms. The van der Waals surface area contributed by atoms with E-state index in [2.05, 4.69) is 14.8 Å². The zero-order valence-corrected chi connectivity index (χ0v) is 21.6. The van der Waals surface area contributed by atoms with Crippen molar-refractivity contribution < 1.29 is 9.53 Å². The molecular formula is C26H33N9O2. The van der Waals surface area contributed by atoms with Gasteiger partial charge in [-0.15, -0.1) is 0 Å². The first-order valence-corrected chi connectivity index (χ1v) is 13.0. The number of amides is 1. The normalized spacial score (nSPS) is 17.3. The molecule has 11 heteroatoms. The standard InChI is InChI=1S/C26H33N9O2/c1-17-28-20-6-4-5-7-21(20)35(17)26-30-24-23(25(31-26)34-12-14-37-15-13-34)29-22(32(24)3)16-27-19-8-10-33(11-9-19)18(2)36/h4-7,19,27H,8-16H2,1-3H3. The van der Waals surface area contributed by atoms with Crippen LogP contribution in [0.2, 0.25) is 0 Å². The number of rotatable bonds is 5. The minimum absolute atomic E-state index is 0.153. The number of aryl methyl sites for hydroxylation is 2. The molecule has 1 aromatic carbocycles. The first-order chi connectivity index (χ1) is 18.0. The van der Waals surface area contributed by atoms with Crippen molar-refractivity contribution in [3.8, 4) is 5.95 Å². The number of hydrogen-bond acceptors (Lipinski definition) is 8. The van der Waals surface area contributed by atoms with Crippen molar-refractivity contribution >= 4 is 33.9 Å². The summed E-state index contributed by atoms with van der Waals surface area (Å²) in [7, 11) is 2.02. The molecule has 6 rings (SSSR count). The molecule has 2 fully saturated rings. The summed E-state index contributed by atoms with van der Waals surface area (Å²) in [4.78, 5) is 35.6. The summed E-state index contributed by atoms with van der Waals surface area (Å²) in [6, 6.07) is 8.42. The van der Waals surface area contributed by atoms with Crippen molar-refractivity contribution in [1.82, 2.24) is 39.3 Å². The number of para-hydroxylation sites is 2. The highest BCUT2D eigenvalue weighted by Gasteiger charge is 2.25. The number of fused-ring (bicyclic) bond motifs is 2. The predicted molar refractivity (Wildman–Crippen MR) is 141 cm³/mol. The van der Waals surface area contributed by atoms with E-state index in [-0.39, 0.29) is 5.91 Å². The van der Waals surface area contributed by atoms with E-state index in [4.69, 9.17) is 24.7 Å². The molecule has 0 radical (unpaired) electrons. The number of benzene rings is 1. The van der Waals surface area contributed by atoms with E-state index in [1.807, 2.05) is 47.7 Å². The number of nitrogens with one attached hydrogen (secondary N) is 1. The molecule has 3 aromatic heterocycles. The van der Waals surface area contributed by atoms with Crippen LogP contribution in [-0.4, -0.2) is 85.3 Å². The number of nitrogens with zero attached hydrogens (tertiary/aromatic N) is 8. The minimum atomic E-state index is 0.153. The maximum absolute atomic E-state index is 11.7. The fraction of sp³-hybridized carbons (Fsp3) is 0.500. The second-order valence-corrected chi connectivity index (χ2v) is 9.85. The summed E-state index contributed by atoms with van der Waals surface area (Å²) in [6.45, 7) is 8.68. The highest BCUT2D eigenvalue weighted by atomic mass is 16.5. The number of hydrogen-bond donors (Lipinski definition) is 1. The Morgan fingerprint density at radius 1 is 1.05 bits per heavy atom. The second-order valence-electron chi connectivity index (χ2n) is 9.85. The Morgan fingerprint density at radius 2 is 1.81 bits per heavy atom. The van der Waals surface area contributed by atoms with Crippen LogP contribution in [0.5, 0.6) is 0 Å². The van der Waals surface area contributed by atoms with Crippen molar-refractivity contribution in [1.29, 1.82) is 0 Å². The highest BCUT2D eigenvalue weighted by molar-refractivity contribution is 5.86. The first kappa shape index (κ1) is 23.8. The summed E-state index contributed by atoms with van der Waals surface area (Å²) in [6.07, 6.45) is 1.89. The number of carbonyl (C=O) groups is 1. The third-order valence-corrected chi connectivity index (χ3v) is 7.51. The van der Waals surface area contributed by atoms with E-state index in [0.717, 1.165) is 78.7 Å². The van der Waals surface area contributed by atoms with Crippen LogP contribution in [0, 0.1) is 6.92 Å². The average molecular weight is 504 g/mol. The third kappa shape index (κ3) is 4.42. The molecule has 4 aromatic rings. The Morgan fingerprint density at radius 3 is 2.57 bits per heavy atom. The predicted octanol–water partition coefficient (Wildman–Crippen LogP) is 1.95. The largest absolute Gasteiger partial charge is 0.378 e. The lowest BCUT2D eigenvalue weighted by Crippen LogP contribution is -2.44. The molecule has 2 aliphatic rings. The van der Waals surface area contributed by atoms with Crippen molar-refractivity contribution in [2.75, 3.05) is 44.3 Å². The Labute approximate surface area is 215 Å². The molecule has 0 atom stereocenters. The van der Waals surface area contributed by atoms with Gasteiger partial charge in [-0.2, -0.15) is 9.97 Å². The number of aromatic nitrogens is 6. The van der Waals surface area contributed by atoms with E-state index in [0.29, 0.717) is 31.7 Å². The van der Waals surface area contributed by atoms with Crippen LogP contribution in [0.1, 0.15) is 31.4 Å².